The van der Waals surface area contributed by atoms with E-state index in [0.717, 1.165) is 24.0 Å². The molecule has 1 aliphatic heterocycles. The van der Waals surface area contributed by atoms with Gasteiger partial charge in [0.25, 0.3) is 5.91 Å². The number of sulfonamides is 1. The van der Waals surface area contributed by atoms with E-state index < -0.39 is 45.4 Å². The molecule has 1 amide bonds. The van der Waals surface area contributed by atoms with E-state index in [1.54, 1.807) is 36.1 Å². The van der Waals surface area contributed by atoms with Crippen LogP contribution in [0.5, 0.6) is 0 Å². The van der Waals surface area contributed by atoms with Crippen LogP contribution in [-0.4, -0.2) is 58.3 Å². The van der Waals surface area contributed by atoms with E-state index in [4.69, 9.17) is 27.9 Å². The highest BCUT2D eigenvalue weighted by Gasteiger charge is 2.52. The smallest absolute Gasteiger partial charge is 0.253 e. The van der Waals surface area contributed by atoms with Crippen LogP contribution in [0, 0.1) is 18.7 Å². The van der Waals surface area contributed by atoms with Crippen LogP contribution >= 0.6 is 23.2 Å². The fraction of sp³-hybridized carbons (Fsp3) is 0.382. The summed E-state index contributed by atoms with van der Waals surface area (Å²) in [7, 11) is -3.91. The third-order valence-electron chi connectivity index (χ3n) is 9.09. The van der Waals surface area contributed by atoms with Crippen molar-refractivity contribution in [3.63, 3.8) is 0 Å². The topological polar surface area (TPSA) is 108 Å². The summed E-state index contributed by atoms with van der Waals surface area (Å²) < 4.78 is 51.3. The Morgan fingerprint density at radius 2 is 1.74 bits per heavy atom. The molecule has 2 aliphatic carbocycles. The van der Waals surface area contributed by atoms with Gasteiger partial charge in [-0.2, -0.15) is 5.10 Å². The van der Waals surface area contributed by atoms with Crippen LogP contribution in [-0.2, 0) is 26.0 Å². The van der Waals surface area contributed by atoms with Crippen molar-refractivity contribution < 1.29 is 22.3 Å². The van der Waals surface area contributed by atoms with Gasteiger partial charge in [-0.25, -0.2) is 17.8 Å². The number of halogens is 3. The van der Waals surface area contributed by atoms with Crippen LogP contribution < -0.4 is 4.31 Å². The Hall–Kier alpha value is -3.51. The first-order chi connectivity index (χ1) is 22.6. The highest BCUT2D eigenvalue weighted by molar-refractivity contribution is 7.93. The number of carbonyl (C=O) groups excluding carboxylic acids is 1. The number of H-pyrrole nitrogens is 1. The second kappa shape index (κ2) is 12.8. The Morgan fingerprint density at radius 1 is 1.00 bits per heavy atom. The minimum Gasteiger partial charge on any atom is -0.357 e. The average Bonchev–Trinajstić information content (AvgIpc) is 3.98. The fourth-order valence-electron chi connectivity index (χ4n) is 6.52. The molecule has 2 saturated carbocycles. The largest absolute Gasteiger partial charge is 0.357 e. The molecule has 7 rings (SSSR count). The molecule has 0 spiro atoms. The molecule has 0 bridgehead atoms. The molecular formula is C34H34Cl2FN5O4S. The molecule has 2 heterocycles. The van der Waals surface area contributed by atoms with Gasteiger partial charge in [0.2, 0.25) is 10.0 Å². The predicted octanol–water partition coefficient (Wildman–Crippen LogP) is 6.59. The van der Waals surface area contributed by atoms with Crippen LogP contribution in [0.2, 0.25) is 10.0 Å². The number of ether oxygens (including phenoxy) is 1. The Labute approximate surface area is 283 Å². The van der Waals surface area contributed by atoms with Crippen molar-refractivity contribution in [2.24, 2.45) is 5.92 Å². The van der Waals surface area contributed by atoms with Crippen molar-refractivity contribution in [1.82, 2.24) is 20.1 Å². The molecular weight excluding hydrogens is 664 g/mol. The van der Waals surface area contributed by atoms with Gasteiger partial charge < -0.3 is 9.64 Å². The van der Waals surface area contributed by atoms with E-state index in [0.29, 0.717) is 34.5 Å². The van der Waals surface area contributed by atoms with Crippen molar-refractivity contribution in [1.29, 1.82) is 0 Å². The number of nitrogens with one attached hydrogen (secondary N) is 1. The predicted molar refractivity (Wildman–Crippen MR) is 177 cm³/mol. The number of aromatic nitrogens is 3. The molecule has 4 atom stereocenters. The fourth-order valence-corrected chi connectivity index (χ4v) is 8.71. The molecule has 4 aromatic rings. The zero-order valence-corrected chi connectivity index (χ0v) is 27.9. The summed E-state index contributed by atoms with van der Waals surface area (Å²) in [5, 5.41) is 7.47. The van der Waals surface area contributed by atoms with Gasteiger partial charge in [0.15, 0.2) is 0 Å². The van der Waals surface area contributed by atoms with E-state index in [-0.39, 0.29) is 30.5 Å². The van der Waals surface area contributed by atoms with Crippen molar-refractivity contribution >= 4 is 44.8 Å². The maximum Gasteiger partial charge on any atom is 0.253 e. The number of benzene rings is 3. The summed E-state index contributed by atoms with van der Waals surface area (Å²) in [6.45, 7) is 1.65. The number of morpholine rings is 1. The lowest BCUT2D eigenvalue weighted by atomic mass is 9.89. The number of carbonyl (C=O) groups is 1. The quantitative estimate of drug-likeness (QED) is 0.190. The summed E-state index contributed by atoms with van der Waals surface area (Å²) in [5.41, 5.74) is 1.49. The lowest BCUT2D eigenvalue weighted by molar-refractivity contribution is -0.179. The minimum absolute atomic E-state index is 0.0105. The number of aromatic amines is 1. The van der Waals surface area contributed by atoms with Gasteiger partial charge in [-0.15, -0.1) is 0 Å². The Kier molecular flexibility index (Phi) is 8.75. The van der Waals surface area contributed by atoms with Gasteiger partial charge in [0.1, 0.15) is 29.7 Å². The third-order valence-corrected chi connectivity index (χ3v) is 11.8. The van der Waals surface area contributed by atoms with Crippen molar-refractivity contribution in [3.05, 3.63) is 111 Å². The summed E-state index contributed by atoms with van der Waals surface area (Å²) in [4.78, 5) is 21.1. The van der Waals surface area contributed by atoms with Crippen LogP contribution in [0.25, 0.3) is 0 Å². The Bertz CT molecular complexity index is 1880. The van der Waals surface area contributed by atoms with E-state index in [9.17, 15) is 13.2 Å². The number of amides is 1. The van der Waals surface area contributed by atoms with Crippen molar-refractivity contribution in [2.45, 2.75) is 68.6 Å². The van der Waals surface area contributed by atoms with Crippen molar-refractivity contribution in [2.75, 3.05) is 10.8 Å². The number of anilines is 1. The molecule has 3 aromatic carbocycles. The van der Waals surface area contributed by atoms with Gasteiger partial charge >= 0.3 is 0 Å². The number of aryl methyl sites for hydroxylation is 1. The molecule has 1 unspecified atom stereocenters. The lowest BCUT2D eigenvalue weighted by Crippen LogP contribution is -2.59. The third kappa shape index (κ3) is 6.63. The first-order valence-electron chi connectivity index (χ1n) is 15.7. The molecule has 1 N–H and O–H groups in total. The van der Waals surface area contributed by atoms with Gasteiger partial charge in [-0.3, -0.25) is 14.2 Å². The van der Waals surface area contributed by atoms with Gasteiger partial charge in [0, 0.05) is 16.5 Å². The average molecular weight is 699 g/mol. The van der Waals surface area contributed by atoms with Crippen LogP contribution in [0.3, 0.4) is 0 Å². The number of rotatable bonds is 11. The summed E-state index contributed by atoms with van der Waals surface area (Å²) >= 11 is 12.8. The molecule has 3 fully saturated rings. The van der Waals surface area contributed by atoms with Gasteiger partial charge in [-0.1, -0.05) is 59.6 Å². The monoisotopic (exact) mass is 697 g/mol. The molecule has 3 aliphatic rings. The zero-order chi connectivity index (χ0) is 32.9. The molecule has 1 aromatic heterocycles. The van der Waals surface area contributed by atoms with Gasteiger partial charge in [0.05, 0.1) is 29.6 Å². The maximum atomic E-state index is 15.4. The molecule has 9 nitrogen and oxygen atoms in total. The summed E-state index contributed by atoms with van der Waals surface area (Å²) in [6.07, 6.45) is 1.08. The molecule has 13 heteroatoms. The van der Waals surface area contributed by atoms with Gasteiger partial charge in [-0.05, 0) is 86.1 Å². The van der Waals surface area contributed by atoms with Crippen molar-refractivity contribution in [3.8, 4) is 0 Å². The minimum atomic E-state index is -3.91. The van der Waals surface area contributed by atoms with E-state index in [1.807, 2.05) is 30.3 Å². The molecule has 1 saturated heterocycles. The van der Waals surface area contributed by atoms with E-state index in [2.05, 4.69) is 15.2 Å². The number of hydrogen-bond donors (Lipinski definition) is 1. The number of para-hydroxylation sites is 1. The summed E-state index contributed by atoms with van der Waals surface area (Å²) in [6, 6.07) is 19.2. The van der Waals surface area contributed by atoms with E-state index >= 15 is 4.39 Å². The van der Waals surface area contributed by atoms with E-state index in [1.165, 1.54) is 22.5 Å². The first-order valence-corrected chi connectivity index (χ1v) is 18.0. The highest BCUT2D eigenvalue weighted by atomic mass is 35.5. The number of hydrogen-bond acceptors (Lipinski definition) is 6. The number of nitrogens with zero attached hydrogens (tertiary/aromatic N) is 4. The normalized spacial score (nSPS) is 22.3. The standard InChI is InChI=1S/C34H34Cl2FN5O4S/c1-20-38-31(40-39-20)18-30-34(43)42(32(22-11-13-24(35)14-12-22)33(46-30)23-5-4-6-25(36)17-23)29(21-9-10-21)19-41(47(44,45)26-15-16-26)28-8-3-2-7-27(28)37/h2-8,11-14,17,21,26,29-30,32-33H,9-10,15-16,18-19H2,1H3,(H,38,39,40)/t29?,30-,32-,33+/m1/s1. The summed E-state index contributed by atoms with van der Waals surface area (Å²) in [5.74, 6) is 0.0643. The second-order valence-electron chi connectivity index (χ2n) is 12.5. The second-order valence-corrected chi connectivity index (χ2v) is 15.5. The highest BCUT2D eigenvalue weighted by Crippen LogP contribution is 2.49. The zero-order valence-electron chi connectivity index (χ0n) is 25.6. The first kappa shape index (κ1) is 32.1. The lowest BCUT2D eigenvalue weighted by Gasteiger charge is -2.49. The molecule has 246 valence electrons. The Morgan fingerprint density at radius 3 is 2.38 bits per heavy atom. The Balaban J connectivity index is 1.37. The van der Waals surface area contributed by atoms with Crippen LogP contribution in [0.4, 0.5) is 10.1 Å². The van der Waals surface area contributed by atoms with Crippen LogP contribution in [0.15, 0.2) is 72.8 Å². The van der Waals surface area contributed by atoms with Crippen LogP contribution in [0.1, 0.15) is 60.6 Å². The SMILES string of the molecule is Cc1n[nH]c(C[C@H]2O[C@@H](c3cccc(Cl)c3)[C@@H](c3ccc(Cl)cc3)N(C(CN(c3ccccc3F)S(=O)(=O)C3CC3)C3CC3)C2=O)n1. The maximum absolute atomic E-state index is 15.4. The molecule has 0 radical (unpaired) electrons. The molecule has 47 heavy (non-hydrogen) atoms.